The second-order valence-electron chi connectivity index (χ2n) is 7.29. The van der Waals surface area contributed by atoms with E-state index in [1.165, 1.54) is 17.3 Å². The summed E-state index contributed by atoms with van der Waals surface area (Å²) in [5.41, 5.74) is 0.516. The number of rotatable bonds is 6. The van der Waals surface area contributed by atoms with Crippen molar-refractivity contribution in [2.45, 2.75) is 74.0 Å². The number of amides is 1. The van der Waals surface area contributed by atoms with E-state index < -0.39 is 41.3 Å². The number of hydrogen-bond donors (Lipinski definition) is 4. The molecule has 27 heavy (non-hydrogen) atoms. The van der Waals surface area contributed by atoms with Gasteiger partial charge in [-0.05, 0) is 33.1 Å². The van der Waals surface area contributed by atoms with Crippen molar-refractivity contribution in [2.24, 2.45) is 0 Å². The Balaban J connectivity index is 2.13. The zero-order chi connectivity index (χ0) is 20.3. The predicted molar refractivity (Wildman–Crippen MR) is 107 cm³/mol. The monoisotopic (exact) mass is 422 g/mol. The van der Waals surface area contributed by atoms with Gasteiger partial charge in [0.25, 0.3) is 0 Å². The third kappa shape index (κ3) is 5.18. The topological polar surface area (TPSA) is 102 Å². The molecule has 0 aliphatic carbocycles. The van der Waals surface area contributed by atoms with Crippen LogP contribution in [0.2, 0.25) is 0 Å². The molecule has 2 fully saturated rings. The van der Waals surface area contributed by atoms with E-state index in [-0.39, 0.29) is 11.9 Å². The molecule has 7 nitrogen and oxygen atoms in total. The molecule has 2 aliphatic heterocycles. The number of carbonyl (C=O) groups is 1. The molecule has 0 aromatic rings. The molecule has 0 aromatic carbocycles. The molecule has 0 radical (unpaired) electrons. The number of hydrogen-bond acceptors (Lipinski definition) is 7. The molecule has 0 spiro atoms. The molecule has 2 heterocycles. The summed E-state index contributed by atoms with van der Waals surface area (Å²) in [6.07, 6.45) is 0.601. The quantitative estimate of drug-likeness (QED) is 0.361. The van der Waals surface area contributed by atoms with E-state index in [1.54, 1.807) is 13.2 Å². The Kier molecular flexibility index (Phi) is 8.42. The van der Waals surface area contributed by atoms with Gasteiger partial charge < -0.3 is 25.4 Å². The summed E-state index contributed by atoms with van der Waals surface area (Å²) in [5.74, 6) is -0.188. The SMILES string of the molecule is CC/C=C1/C[C@@H](C(=O)N[C@@H]([C@H]2O[C@H](SC)[C@H](O)[C@@H](O)[C@H]2O)[C@H](C)Cl)N(C)C1. The number of nitrogens with one attached hydrogen (secondary N) is 1. The molecule has 2 rings (SSSR count). The van der Waals surface area contributed by atoms with Crippen molar-refractivity contribution in [3.8, 4) is 0 Å². The lowest BCUT2D eigenvalue weighted by molar-refractivity contribution is -0.205. The fourth-order valence-corrected chi connectivity index (χ4v) is 4.60. The maximum atomic E-state index is 12.9. The molecule has 1 amide bonds. The van der Waals surface area contributed by atoms with Crippen molar-refractivity contribution in [2.75, 3.05) is 19.8 Å². The van der Waals surface area contributed by atoms with Gasteiger partial charge >= 0.3 is 0 Å². The number of carbonyl (C=O) groups excluding carboxylic acids is 1. The second kappa shape index (κ2) is 9.91. The molecule has 4 N–H and O–H groups in total. The molecule has 8 atom stereocenters. The number of halogens is 1. The Morgan fingerprint density at radius 2 is 2.07 bits per heavy atom. The van der Waals surface area contributed by atoms with Crippen molar-refractivity contribution < 1.29 is 24.9 Å². The summed E-state index contributed by atoms with van der Waals surface area (Å²) in [6.45, 7) is 4.51. The van der Waals surface area contributed by atoms with Crippen LogP contribution in [0.25, 0.3) is 0 Å². The lowest BCUT2D eigenvalue weighted by atomic mass is 9.93. The van der Waals surface area contributed by atoms with Gasteiger partial charge in [0.05, 0.1) is 17.5 Å². The van der Waals surface area contributed by atoms with Gasteiger partial charge in [0.15, 0.2) is 0 Å². The molecule has 0 bridgehead atoms. The van der Waals surface area contributed by atoms with E-state index in [0.29, 0.717) is 6.42 Å². The highest BCUT2D eigenvalue weighted by molar-refractivity contribution is 7.99. The number of likely N-dealkylation sites (N-methyl/N-ethyl adjacent to an activating group) is 1. The minimum absolute atomic E-state index is 0.188. The first-order valence-electron chi connectivity index (χ1n) is 9.26. The number of ether oxygens (including phenoxy) is 1. The van der Waals surface area contributed by atoms with Crippen LogP contribution in [0, 0.1) is 0 Å². The third-order valence-corrected chi connectivity index (χ3v) is 6.36. The van der Waals surface area contributed by atoms with Gasteiger partial charge in [-0.3, -0.25) is 9.69 Å². The van der Waals surface area contributed by atoms with Gasteiger partial charge in [0, 0.05) is 6.54 Å². The normalized spacial score (nSPS) is 38.7. The Hall–Kier alpha value is -0.350. The first-order chi connectivity index (χ1) is 12.7. The van der Waals surface area contributed by atoms with E-state index in [2.05, 4.69) is 18.3 Å². The van der Waals surface area contributed by atoms with Crippen molar-refractivity contribution in [1.82, 2.24) is 10.2 Å². The van der Waals surface area contributed by atoms with Crippen LogP contribution in [0.1, 0.15) is 26.7 Å². The zero-order valence-corrected chi connectivity index (χ0v) is 17.8. The highest BCUT2D eigenvalue weighted by Crippen LogP contribution is 2.30. The molecule has 2 aliphatic rings. The Morgan fingerprint density at radius 1 is 1.41 bits per heavy atom. The number of aliphatic hydroxyl groups is 3. The van der Waals surface area contributed by atoms with Crippen LogP contribution < -0.4 is 5.32 Å². The minimum Gasteiger partial charge on any atom is -0.388 e. The van der Waals surface area contributed by atoms with Gasteiger partial charge in [-0.1, -0.05) is 18.6 Å². The van der Waals surface area contributed by atoms with Crippen LogP contribution in [0.4, 0.5) is 0 Å². The number of thioether (sulfide) groups is 1. The van der Waals surface area contributed by atoms with Crippen LogP contribution in [0.3, 0.4) is 0 Å². The third-order valence-electron chi connectivity index (χ3n) is 5.23. The van der Waals surface area contributed by atoms with Crippen molar-refractivity contribution in [3.05, 3.63) is 11.6 Å². The van der Waals surface area contributed by atoms with E-state index >= 15 is 0 Å². The summed E-state index contributed by atoms with van der Waals surface area (Å²) in [5, 5.41) is 33.0. The van der Waals surface area contributed by atoms with E-state index in [1.807, 2.05) is 11.9 Å². The van der Waals surface area contributed by atoms with Crippen molar-refractivity contribution in [1.29, 1.82) is 0 Å². The highest BCUT2D eigenvalue weighted by Gasteiger charge is 2.48. The average Bonchev–Trinajstić information content (AvgIpc) is 2.99. The largest absolute Gasteiger partial charge is 0.388 e. The maximum Gasteiger partial charge on any atom is 0.238 e. The van der Waals surface area contributed by atoms with E-state index in [4.69, 9.17) is 16.3 Å². The molecule has 156 valence electrons. The average molecular weight is 423 g/mol. The molecule has 0 saturated carbocycles. The smallest absolute Gasteiger partial charge is 0.238 e. The van der Waals surface area contributed by atoms with Crippen molar-refractivity contribution in [3.63, 3.8) is 0 Å². The van der Waals surface area contributed by atoms with Crippen LogP contribution in [0.5, 0.6) is 0 Å². The van der Waals surface area contributed by atoms with Gasteiger partial charge in [0.1, 0.15) is 29.9 Å². The summed E-state index contributed by atoms with van der Waals surface area (Å²) in [4.78, 5) is 14.9. The van der Waals surface area contributed by atoms with Gasteiger partial charge in [-0.25, -0.2) is 0 Å². The standard InChI is InChI=1S/C18H31ClN2O5S/c1-5-6-10-7-11(21(3)8-10)17(25)20-12(9(2)19)16-14(23)13(22)15(24)18(26-16)27-4/h6,9,11-16,18,22-24H,5,7-8H2,1-4H3,(H,20,25)/b10-6-/t9-,11-,12+,13-,14+,15+,16+,18+/m0/s1. The highest BCUT2D eigenvalue weighted by atomic mass is 35.5. The summed E-state index contributed by atoms with van der Waals surface area (Å²) in [6, 6.07) is -1.02. The first kappa shape index (κ1) is 22.9. The molecular weight excluding hydrogens is 392 g/mol. The number of likely N-dealkylation sites (tertiary alicyclic amines) is 1. The van der Waals surface area contributed by atoms with Crippen LogP contribution in [-0.4, -0.2) is 93.3 Å². The number of allylic oxidation sites excluding steroid dienone is 1. The zero-order valence-electron chi connectivity index (χ0n) is 16.2. The van der Waals surface area contributed by atoms with Gasteiger partial charge in [-0.2, -0.15) is 0 Å². The second-order valence-corrected chi connectivity index (χ2v) is 8.92. The fourth-order valence-electron chi connectivity index (χ4n) is 3.71. The molecule has 0 unspecified atom stereocenters. The fraction of sp³-hybridized carbons (Fsp3) is 0.833. The van der Waals surface area contributed by atoms with Gasteiger partial charge in [-0.15, -0.1) is 23.4 Å². The first-order valence-corrected chi connectivity index (χ1v) is 11.0. The number of nitrogens with zero attached hydrogens (tertiary/aromatic N) is 1. The molecular formula is C18H31ClN2O5S. The lowest BCUT2D eigenvalue weighted by Crippen LogP contribution is -2.65. The number of aliphatic hydroxyl groups excluding tert-OH is 3. The lowest BCUT2D eigenvalue weighted by Gasteiger charge is -2.44. The van der Waals surface area contributed by atoms with E-state index in [0.717, 1.165) is 13.0 Å². The Labute approximate surface area is 170 Å². The minimum atomic E-state index is -1.37. The Morgan fingerprint density at radius 3 is 2.63 bits per heavy atom. The summed E-state index contributed by atoms with van der Waals surface area (Å²) < 4.78 is 5.78. The summed E-state index contributed by atoms with van der Waals surface area (Å²) in [7, 11) is 1.90. The maximum absolute atomic E-state index is 12.9. The van der Waals surface area contributed by atoms with Crippen LogP contribution in [-0.2, 0) is 9.53 Å². The predicted octanol–water partition coefficient (Wildman–Crippen LogP) is 0.310. The van der Waals surface area contributed by atoms with E-state index in [9.17, 15) is 20.1 Å². The summed E-state index contributed by atoms with van der Waals surface area (Å²) >= 11 is 7.53. The molecule has 2 saturated heterocycles. The van der Waals surface area contributed by atoms with Crippen molar-refractivity contribution >= 4 is 29.3 Å². The van der Waals surface area contributed by atoms with Crippen LogP contribution >= 0.6 is 23.4 Å². The molecule has 9 heteroatoms. The number of alkyl halides is 1. The molecule has 0 aromatic heterocycles. The Bertz CT molecular complexity index is 548. The van der Waals surface area contributed by atoms with Crippen LogP contribution in [0.15, 0.2) is 11.6 Å². The van der Waals surface area contributed by atoms with Gasteiger partial charge in [0.2, 0.25) is 5.91 Å².